The third-order valence-electron chi connectivity index (χ3n) is 16.1. The highest BCUT2D eigenvalue weighted by atomic mass is 79.9. The zero-order chi connectivity index (χ0) is 48.3. The molecule has 0 N–H and O–H groups in total. The Morgan fingerprint density at radius 1 is 0.297 bits per heavy atom. The second-order valence-corrected chi connectivity index (χ2v) is 20.6. The standard InChI is InChI=1S/C72H54N.BrH/c1-5-19-49(20-6-1)57-39-58(50-21-7-2-8-22-50)42-61(41-57)63-31-17-33-67-68-34-18-32-64(62-43-59(51-23-9-3-10-24-51)40-60(44-62)52-25-11-4-12-26-52)70(68)48-73(47-69(63)67)45-55-37-35-53-27-13-15-29-65(53)71(55)72-56(46-73)38-36-54-28-14-16-30-66(54)72;/h1-17,19-33,35-44H,18,34,45-48H2;1H/q+1;/p-1. The molecule has 1 spiro atoms. The topological polar surface area (TPSA) is 0 Å². The summed E-state index contributed by atoms with van der Waals surface area (Å²) in [4.78, 5) is 0. The van der Waals surface area contributed by atoms with Gasteiger partial charge in [0.05, 0.1) is 0 Å². The van der Waals surface area contributed by atoms with E-state index in [0.29, 0.717) is 0 Å². The van der Waals surface area contributed by atoms with E-state index in [4.69, 9.17) is 0 Å². The van der Waals surface area contributed by atoms with E-state index in [1.165, 1.54) is 133 Å². The van der Waals surface area contributed by atoms with E-state index in [1.807, 2.05) is 0 Å². The number of fused-ring (bicyclic) bond motifs is 9. The van der Waals surface area contributed by atoms with Crippen LogP contribution in [0.25, 0.3) is 99.5 Å². The fourth-order valence-corrected chi connectivity index (χ4v) is 12.8. The smallest absolute Gasteiger partial charge is 0.106 e. The maximum absolute atomic E-state index is 2.58. The summed E-state index contributed by atoms with van der Waals surface area (Å²) >= 11 is 0. The van der Waals surface area contributed by atoms with E-state index in [1.54, 1.807) is 0 Å². The van der Waals surface area contributed by atoms with E-state index in [-0.39, 0.29) is 17.0 Å². The van der Waals surface area contributed by atoms with Crippen molar-refractivity contribution in [2.24, 2.45) is 0 Å². The molecular weight excluding hydrogens is 959 g/mol. The van der Waals surface area contributed by atoms with Crippen molar-refractivity contribution in [1.82, 2.24) is 0 Å². The van der Waals surface area contributed by atoms with Crippen molar-refractivity contribution in [3.05, 3.63) is 288 Å². The third kappa shape index (κ3) is 8.16. The summed E-state index contributed by atoms with van der Waals surface area (Å²) in [5.74, 6) is 0. The van der Waals surface area contributed by atoms with E-state index in [9.17, 15) is 0 Å². The van der Waals surface area contributed by atoms with E-state index < -0.39 is 0 Å². The largest absolute Gasteiger partial charge is 1.00 e. The molecule has 0 saturated carbocycles. The number of hydrogen-bond acceptors (Lipinski definition) is 0. The molecule has 0 bridgehead atoms. The summed E-state index contributed by atoms with van der Waals surface area (Å²) in [7, 11) is 0. The van der Waals surface area contributed by atoms with E-state index >= 15 is 0 Å². The molecule has 11 aromatic rings. The van der Waals surface area contributed by atoms with Crippen molar-refractivity contribution < 1.29 is 21.5 Å². The molecule has 11 aromatic carbocycles. The van der Waals surface area contributed by atoms with Gasteiger partial charge >= 0.3 is 0 Å². The lowest BCUT2D eigenvalue weighted by atomic mass is 9.80. The molecule has 74 heavy (non-hydrogen) atoms. The van der Waals surface area contributed by atoms with Gasteiger partial charge in [0.15, 0.2) is 0 Å². The monoisotopic (exact) mass is 1010 g/mol. The first kappa shape index (κ1) is 45.7. The van der Waals surface area contributed by atoms with Crippen molar-refractivity contribution >= 4 is 32.7 Å². The summed E-state index contributed by atoms with van der Waals surface area (Å²) in [6.45, 7) is 3.60. The highest BCUT2D eigenvalue weighted by Crippen LogP contribution is 2.51. The van der Waals surface area contributed by atoms with Gasteiger partial charge in [-0.25, -0.2) is 0 Å². The van der Waals surface area contributed by atoms with Crippen molar-refractivity contribution in [3.8, 4) is 66.8 Å². The zero-order valence-corrected chi connectivity index (χ0v) is 42.9. The zero-order valence-electron chi connectivity index (χ0n) is 41.3. The second-order valence-electron chi connectivity index (χ2n) is 20.6. The Hall–Kier alpha value is -8.14. The molecule has 2 heteroatoms. The van der Waals surface area contributed by atoms with Crippen LogP contribution in [0.5, 0.6) is 0 Å². The lowest BCUT2D eigenvalue weighted by Crippen LogP contribution is -3.00. The van der Waals surface area contributed by atoms with Gasteiger partial charge in [0, 0.05) is 22.3 Å². The van der Waals surface area contributed by atoms with Crippen molar-refractivity contribution in [2.45, 2.75) is 32.5 Å². The molecule has 1 nitrogen and oxygen atoms in total. The number of rotatable bonds is 6. The lowest BCUT2D eigenvalue weighted by molar-refractivity contribution is -0.961. The first-order chi connectivity index (χ1) is 36.1. The minimum absolute atomic E-state index is 0. The van der Waals surface area contributed by atoms with Gasteiger partial charge in [0.1, 0.15) is 26.2 Å². The highest BCUT2D eigenvalue weighted by molar-refractivity contribution is 6.08. The van der Waals surface area contributed by atoms with Crippen molar-refractivity contribution in [3.63, 3.8) is 0 Å². The van der Waals surface area contributed by atoms with Crippen molar-refractivity contribution in [1.29, 1.82) is 0 Å². The number of nitrogens with zero attached hydrogens (tertiary/aromatic N) is 1. The predicted molar refractivity (Wildman–Crippen MR) is 307 cm³/mol. The van der Waals surface area contributed by atoms with Crippen molar-refractivity contribution in [2.75, 3.05) is 6.54 Å². The normalized spacial score (nSPS) is 14.5. The van der Waals surface area contributed by atoms with Crippen LogP contribution >= 0.6 is 0 Å². The van der Waals surface area contributed by atoms with Crippen LogP contribution in [0.4, 0.5) is 0 Å². The molecule has 0 radical (unpaired) electrons. The molecule has 1 aliphatic carbocycles. The Bertz CT molecular complexity index is 3800. The molecule has 0 unspecified atom stereocenters. The Morgan fingerprint density at radius 2 is 0.716 bits per heavy atom. The molecule has 2 heterocycles. The predicted octanol–water partition coefficient (Wildman–Crippen LogP) is 15.7. The van der Waals surface area contributed by atoms with Crippen LogP contribution in [-0.2, 0) is 19.6 Å². The average Bonchev–Trinajstić information content (AvgIpc) is 3.76. The maximum atomic E-state index is 2.58. The minimum atomic E-state index is 0. The lowest BCUT2D eigenvalue weighted by Gasteiger charge is -2.39. The number of hydrogen-bond donors (Lipinski definition) is 0. The highest BCUT2D eigenvalue weighted by Gasteiger charge is 2.41. The quantitative estimate of drug-likeness (QED) is 0.146. The van der Waals surface area contributed by atoms with Crippen LogP contribution in [0, 0.1) is 0 Å². The molecule has 354 valence electrons. The molecule has 0 aromatic heterocycles. The number of quaternary nitrogens is 1. The van der Waals surface area contributed by atoms with Gasteiger partial charge in [-0.2, -0.15) is 0 Å². The van der Waals surface area contributed by atoms with Gasteiger partial charge < -0.3 is 21.5 Å². The van der Waals surface area contributed by atoms with E-state index in [2.05, 4.69) is 255 Å². The van der Waals surface area contributed by atoms with Gasteiger partial charge in [-0.3, -0.25) is 0 Å². The Morgan fingerprint density at radius 3 is 1.20 bits per heavy atom. The van der Waals surface area contributed by atoms with Gasteiger partial charge in [0.25, 0.3) is 0 Å². The molecule has 0 amide bonds. The number of halogens is 1. The number of allylic oxidation sites excluding steroid dienone is 2. The molecule has 0 saturated heterocycles. The first-order valence-electron chi connectivity index (χ1n) is 26.1. The summed E-state index contributed by atoms with van der Waals surface area (Å²) in [6.07, 6.45) is 4.57. The van der Waals surface area contributed by atoms with Crippen LogP contribution < -0.4 is 17.0 Å². The van der Waals surface area contributed by atoms with Gasteiger partial charge in [-0.1, -0.05) is 218 Å². The Balaban J connectivity index is 0.00000528. The second kappa shape index (κ2) is 19.0. The molecule has 3 aliphatic rings. The SMILES string of the molecule is C1=C(c2cc(-c3ccccc3)cc(-c3ccccc3)c2)C2=C(CC1)c1cccc(-c3cc(-c4ccccc4)cc(-c4ccccc4)c3)c1C[N+]1(C2)Cc2ccc3ccccc3c2-c2c(ccc3ccccc23)C1.[Br-]. The first-order valence-corrected chi connectivity index (χ1v) is 26.1. The molecule has 0 atom stereocenters. The van der Waals surface area contributed by atoms with Gasteiger partial charge in [0.2, 0.25) is 0 Å². The fraction of sp³-hybridized carbons (Fsp3) is 0.0833. The Kier molecular flexibility index (Phi) is 11.8. The summed E-state index contributed by atoms with van der Waals surface area (Å²) in [6, 6.07) is 93.6. The van der Waals surface area contributed by atoms with Gasteiger partial charge in [-0.15, -0.1) is 0 Å². The van der Waals surface area contributed by atoms with Crippen LogP contribution in [0.3, 0.4) is 0 Å². The van der Waals surface area contributed by atoms with Crippen LogP contribution in [0.1, 0.15) is 40.7 Å². The molecule has 14 rings (SSSR count). The summed E-state index contributed by atoms with van der Waals surface area (Å²) < 4.78 is 0.866. The molecular formula is C72H54BrN. The summed E-state index contributed by atoms with van der Waals surface area (Å²) in [5.41, 5.74) is 26.6. The van der Waals surface area contributed by atoms with Gasteiger partial charge in [-0.05, 0) is 160 Å². The minimum Gasteiger partial charge on any atom is -1.00 e. The molecule has 0 fully saturated rings. The Labute approximate surface area is 445 Å². The number of benzene rings is 11. The summed E-state index contributed by atoms with van der Waals surface area (Å²) in [5, 5.41) is 5.26. The van der Waals surface area contributed by atoms with E-state index in [0.717, 1.165) is 43.5 Å². The fourth-order valence-electron chi connectivity index (χ4n) is 12.8. The van der Waals surface area contributed by atoms with Crippen LogP contribution in [-0.4, -0.2) is 11.0 Å². The molecule has 2 aliphatic heterocycles. The third-order valence-corrected chi connectivity index (χ3v) is 16.1. The average molecular weight is 1010 g/mol. The van der Waals surface area contributed by atoms with Crippen LogP contribution in [0.2, 0.25) is 0 Å². The van der Waals surface area contributed by atoms with Crippen LogP contribution in [0.15, 0.2) is 260 Å². The maximum Gasteiger partial charge on any atom is 0.106 e.